The Kier molecular flexibility index (Phi) is 10.4. The zero-order chi connectivity index (χ0) is 25.3. The highest BCUT2D eigenvalue weighted by molar-refractivity contribution is 5.92. The molecule has 2 unspecified atom stereocenters. The molecule has 182 valence electrons. The highest BCUT2D eigenvalue weighted by Gasteiger charge is 2.36. The quantitative estimate of drug-likeness (QED) is 0.546. The molecule has 3 amide bonds. The van der Waals surface area contributed by atoms with Gasteiger partial charge in [-0.25, -0.2) is 4.79 Å². The van der Waals surface area contributed by atoms with Gasteiger partial charge in [0.1, 0.15) is 24.2 Å². The Morgan fingerprint density at radius 3 is 2.09 bits per heavy atom. The molecule has 2 atom stereocenters. The number of aryl methyl sites for hydroxylation is 1. The van der Waals surface area contributed by atoms with Crippen LogP contribution in [0.15, 0.2) is 24.3 Å². The molecule has 1 aromatic carbocycles. The summed E-state index contributed by atoms with van der Waals surface area (Å²) in [6.45, 7) is 14.3. The molecule has 1 aromatic rings. The summed E-state index contributed by atoms with van der Waals surface area (Å²) in [4.78, 5) is 40.5. The zero-order valence-electron chi connectivity index (χ0n) is 21.1. The molecule has 0 spiro atoms. The van der Waals surface area contributed by atoms with Crippen LogP contribution in [0.1, 0.15) is 72.1 Å². The van der Waals surface area contributed by atoms with Gasteiger partial charge in [-0.3, -0.25) is 9.59 Å². The van der Waals surface area contributed by atoms with Gasteiger partial charge in [0, 0.05) is 6.04 Å². The average Bonchev–Trinajstić information content (AvgIpc) is 2.65. The van der Waals surface area contributed by atoms with E-state index < -0.39 is 35.6 Å². The first-order chi connectivity index (χ1) is 15.2. The van der Waals surface area contributed by atoms with Gasteiger partial charge >= 0.3 is 6.09 Å². The standard InChI is InChI=1S/C25H38N4O4/c1-16(2)15-20(28-24(32)33-25(6,7)8)23(31)29(14-13-26)21(22(30)27-17(3)4)19-11-9-18(5)10-12-19/h9-12,16-17,20-21H,14-15H2,1-8H3,(H,27,30)(H,28,32). The molecule has 33 heavy (non-hydrogen) atoms. The number of rotatable bonds is 9. The number of hydrogen-bond acceptors (Lipinski definition) is 5. The van der Waals surface area contributed by atoms with Crippen molar-refractivity contribution < 1.29 is 19.1 Å². The molecule has 0 heterocycles. The molecular formula is C25H38N4O4. The fourth-order valence-corrected chi connectivity index (χ4v) is 3.30. The van der Waals surface area contributed by atoms with Gasteiger partial charge in [-0.2, -0.15) is 5.26 Å². The van der Waals surface area contributed by atoms with Crippen molar-refractivity contribution in [3.8, 4) is 6.07 Å². The van der Waals surface area contributed by atoms with Crippen molar-refractivity contribution in [3.05, 3.63) is 35.4 Å². The predicted molar refractivity (Wildman–Crippen MR) is 127 cm³/mol. The van der Waals surface area contributed by atoms with Crippen LogP contribution in [0.25, 0.3) is 0 Å². The Bertz CT molecular complexity index is 851. The monoisotopic (exact) mass is 458 g/mol. The number of nitrogens with zero attached hydrogens (tertiary/aromatic N) is 2. The minimum absolute atomic E-state index is 0.0696. The molecule has 0 saturated carbocycles. The first-order valence-corrected chi connectivity index (χ1v) is 11.3. The number of carbonyl (C=O) groups is 3. The van der Waals surface area contributed by atoms with E-state index in [-0.39, 0.29) is 18.5 Å². The van der Waals surface area contributed by atoms with Crippen LogP contribution in [0.4, 0.5) is 4.79 Å². The van der Waals surface area contributed by atoms with Gasteiger partial charge < -0.3 is 20.3 Å². The van der Waals surface area contributed by atoms with Crippen LogP contribution < -0.4 is 10.6 Å². The van der Waals surface area contributed by atoms with Crippen molar-refractivity contribution in [1.82, 2.24) is 15.5 Å². The molecule has 0 saturated heterocycles. The van der Waals surface area contributed by atoms with Crippen LogP contribution in [0, 0.1) is 24.2 Å². The lowest BCUT2D eigenvalue weighted by Crippen LogP contribution is -2.54. The van der Waals surface area contributed by atoms with E-state index in [1.165, 1.54) is 4.90 Å². The van der Waals surface area contributed by atoms with Crippen molar-refractivity contribution in [2.75, 3.05) is 6.54 Å². The minimum atomic E-state index is -1.02. The zero-order valence-corrected chi connectivity index (χ0v) is 21.1. The predicted octanol–water partition coefficient (Wildman–Crippen LogP) is 3.85. The van der Waals surface area contributed by atoms with Crippen molar-refractivity contribution in [3.63, 3.8) is 0 Å². The van der Waals surface area contributed by atoms with Gasteiger partial charge in [0.2, 0.25) is 11.8 Å². The van der Waals surface area contributed by atoms with Crippen molar-refractivity contribution in [2.24, 2.45) is 5.92 Å². The van der Waals surface area contributed by atoms with Gasteiger partial charge in [-0.05, 0) is 59.4 Å². The molecule has 0 bridgehead atoms. The number of benzene rings is 1. The fraction of sp³-hybridized carbons (Fsp3) is 0.600. The lowest BCUT2D eigenvalue weighted by atomic mass is 9.98. The molecule has 0 aliphatic rings. The summed E-state index contributed by atoms with van der Waals surface area (Å²) in [6, 6.07) is 7.13. The van der Waals surface area contributed by atoms with Gasteiger partial charge in [-0.15, -0.1) is 0 Å². The fourth-order valence-electron chi connectivity index (χ4n) is 3.30. The summed E-state index contributed by atoms with van der Waals surface area (Å²) in [7, 11) is 0. The molecule has 0 aliphatic heterocycles. The second-order valence-corrected chi connectivity index (χ2v) is 9.93. The second-order valence-electron chi connectivity index (χ2n) is 9.93. The molecule has 1 rings (SSSR count). The van der Waals surface area contributed by atoms with E-state index in [2.05, 4.69) is 10.6 Å². The van der Waals surface area contributed by atoms with Crippen LogP contribution in [0.3, 0.4) is 0 Å². The third-order valence-corrected chi connectivity index (χ3v) is 4.60. The van der Waals surface area contributed by atoms with Gasteiger partial charge in [0.15, 0.2) is 0 Å². The van der Waals surface area contributed by atoms with E-state index in [4.69, 9.17) is 4.74 Å². The van der Waals surface area contributed by atoms with Crippen LogP contribution >= 0.6 is 0 Å². The third-order valence-electron chi connectivity index (χ3n) is 4.60. The maximum absolute atomic E-state index is 13.7. The number of alkyl carbamates (subject to hydrolysis) is 1. The first-order valence-electron chi connectivity index (χ1n) is 11.3. The van der Waals surface area contributed by atoms with E-state index in [1.54, 1.807) is 32.9 Å². The molecular weight excluding hydrogens is 420 g/mol. The Hall–Kier alpha value is -3.08. The number of amides is 3. The molecule has 0 aliphatic carbocycles. The topological polar surface area (TPSA) is 112 Å². The largest absolute Gasteiger partial charge is 0.444 e. The van der Waals surface area contributed by atoms with Crippen LogP contribution in [0.5, 0.6) is 0 Å². The first kappa shape index (κ1) is 28.0. The summed E-state index contributed by atoms with van der Waals surface area (Å²) in [5.41, 5.74) is 0.857. The third kappa shape index (κ3) is 9.52. The molecule has 2 N–H and O–H groups in total. The normalized spacial score (nSPS) is 13.1. The molecule has 0 aromatic heterocycles. The van der Waals surface area contributed by atoms with Crippen molar-refractivity contribution in [2.45, 2.75) is 85.5 Å². The van der Waals surface area contributed by atoms with Crippen LogP contribution in [-0.4, -0.2) is 47.0 Å². The summed E-state index contributed by atoms with van der Waals surface area (Å²) in [6.07, 6.45) is -0.399. The van der Waals surface area contributed by atoms with E-state index in [1.807, 2.05) is 52.8 Å². The Balaban J connectivity index is 3.40. The summed E-state index contributed by atoms with van der Waals surface area (Å²) in [5.74, 6) is -0.834. The number of ether oxygens (including phenoxy) is 1. The molecule has 0 fully saturated rings. The molecule has 8 nitrogen and oxygen atoms in total. The average molecular weight is 459 g/mol. The second kappa shape index (κ2) is 12.2. The van der Waals surface area contributed by atoms with Gasteiger partial charge in [-0.1, -0.05) is 43.7 Å². The highest BCUT2D eigenvalue weighted by atomic mass is 16.6. The Morgan fingerprint density at radius 1 is 1.06 bits per heavy atom. The molecule has 0 radical (unpaired) electrons. The van der Waals surface area contributed by atoms with Crippen molar-refractivity contribution >= 4 is 17.9 Å². The van der Waals surface area contributed by atoms with E-state index in [0.29, 0.717) is 12.0 Å². The number of hydrogen-bond donors (Lipinski definition) is 2. The number of carbonyl (C=O) groups excluding carboxylic acids is 3. The van der Waals surface area contributed by atoms with E-state index in [9.17, 15) is 19.6 Å². The van der Waals surface area contributed by atoms with Gasteiger partial charge in [0.05, 0.1) is 6.07 Å². The van der Waals surface area contributed by atoms with Crippen LogP contribution in [0.2, 0.25) is 0 Å². The van der Waals surface area contributed by atoms with Crippen LogP contribution in [-0.2, 0) is 14.3 Å². The maximum Gasteiger partial charge on any atom is 0.408 e. The van der Waals surface area contributed by atoms with E-state index in [0.717, 1.165) is 5.56 Å². The number of nitriles is 1. The van der Waals surface area contributed by atoms with E-state index >= 15 is 0 Å². The van der Waals surface area contributed by atoms with Gasteiger partial charge in [0.25, 0.3) is 0 Å². The molecule has 8 heteroatoms. The van der Waals surface area contributed by atoms with Crippen molar-refractivity contribution in [1.29, 1.82) is 5.26 Å². The summed E-state index contributed by atoms with van der Waals surface area (Å²) in [5, 5.41) is 15.0. The summed E-state index contributed by atoms with van der Waals surface area (Å²) >= 11 is 0. The smallest absolute Gasteiger partial charge is 0.408 e. The SMILES string of the molecule is Cc1ccc(C(C(=O)NC(C)C)N(CC#N)C(=O)C(CC(C)C)NC(=O)OC(C)(C)C)cc1. The number of nitrogens with one attached hydrogen (secondary N) is 2. The highest BCUT2D eigenvalue weighted by Crippen LogP contribution is 2.24. The lowest BCUT2D eigenvalue weighted by Gasteiger charge is -2.33. The summed E-state index contributed by atoms with van der Waals surface area (Å²) < 4.78 is 5.33. The minimum Gasteiger partial charge on any atom is -0.444 e. The lowest BCUT2D eigenvalue weighted by molar-refractivity contribution is -0.142. The maximum atomic E-state index is 13.7. The Morgan fingerprint density at radius 2 is 1.64 bits per heavy atom. The Labute approximate surface area is 197 Å².